The summed E-state index contributed by atoms with van der Waals surface area (Å²) < 4.78 is 69.3. The van der Waals surface area contributed by atoms with E-state index in [0.29, 0.717) is 13.2 Å². The van der Waals surface area contributed by atoms with Gasteiger partial charge in [-0.1, -0.05) is 11.6 Å². The molecule has 1 amide bonds. The largest absolute Gasteiger partial charge is 0.452 e. The number of carbonyl (C=O) groups is 2. The number of halogens is 1. The van der Waals surface area contributed by atoms with E-state index in [1.165, 1.54) is 51.1 Å². The summed E-state index contributed by atoms with van der Waals surface area (Å²) in [6.07, 6.45) is 0. The van der Waals surface area contributed by atoms with Crippen molar-refractivity contribution in [3.8, 4) is 0 Å². The van der Waals surface area contributed by atoms with E-state index in [1.807, 2.05) is 0 Å². The van der Waals surface area contributed by atoms with E-state index >= 15 is 0 Å². The summed E-state index contributed by atoms with van der Waals surface area (Å²) in [6, 6.07) is 9.21. The predicted octanol–water partition coefficient (Wildman–Crippen LogP) is 1.18. The van der Waals surface area contributed by atoms with Crippen molar-refractivity contribution in [1.82, 2.24) is 8.61 Å². The van der Waals surface area contributed by atoms with E-state index in [2.05, 4.69) is 5.32 Å². The van der Waals surface area contributed by atoms with E-state index in [4.69, 9.17) is 25.8 Å². The fraction of sp³-hybridized carbons (Fsp3) is 0.391. The molecular formula is C23H26ClN3O9S2. The van der Waals surface area contributed by atoms with Gasteiger partial charge in [-0.2, -0.15) is 8.61 Å². The topological polar surface area (TPSA) is 149 Å². The smallest absolute Gasteiger partial charge is 0.338 e. The van der Waals surface area contributed by atoms with Crippen LogP contribution in [0, 0.1) is 0 Å². The van der Waals surface area contributed by atoms with Crippen molar-refractivity contribution in [2.75, 3.05) is 64.5 Å². The number of nitrogens with one attached hydrogen (secondary N) is 1. The Hall–Kier alpha value is -2.59. The van der Waals surface area contributed by atoms with Gasteiger partial charge in [-0.25, -0.2) is 21.6 Å². The van der Waals surface area contributed by atoms with Crippen LogP contribution in [0.5, 0.6) is 0 Å². The van der Waals surface area contributed by atoms with Crippen LogP contribution in [0.3, 0.4) is 0 Å². The predicted molar refractivity (Wildman–Crippen MR) is 136 cm³/mol. The van der Waals surface area contributed by atoms with Gasteiger partial charge >= 0.3 is 5.97 Å². The summed E-state index contributed by atoms with van der Waals surface area (Å²) in [5.41, 5.74) is 0.212. The van der Waals surface area contributed by atoms with Crippen LogP contribution in [0.15, 0.2) is 52.3 Å². The lowest BCUT2D eigenvalue weighted by Gasteiger charge is -2.26. The quantitative estimate of drug-likeness (QED) is 0.449. The molecule has 0 saturated carbocycles. The Morgan fingerprint density at radius 2 is 1.39 bits per heavy atom. The van der Waals surface area contributed by atoms with Crippen LogP contribution in [0.2, 0.25) is 5.02 Å². The zero-order valence-electron chi connectivity index (χ0n) is 20.2. The van der Waals surface area contributed by atoms with Crippen molar-refractivity contribution >= 4 is 49.2 Å². The molecule has 2 aromatic rings. The third-order valence-corrected chi connectivity index (χ3v) is 10.1. The Morgan fingerprint density at radius 3 is 1.97 bits per heavy atom. The Labute approximate surface area is 225 Å². The van der Waals surface area contributed by atoms with Gasteiger partial charge in [-0.05, 0) is 42.5 Å². The number of benzene rings is 2. The summed E-state index contributed by atoms with van der Waals surface area (Å²) in [5, 5.41) is 2.48. The summed E-state index contributed by atoms with van der Waals surface area (Å²) in [4.78, 5) is 24.6. The lowest BCUT2D eigenvalue weighted by molar-refractivity contribution is -0.119. The molecule has 4 rings (SSSR count). The van der Waals surface area contributed by atoms with Gasteiger partial charge in [0.15, 0.2) is 6.61 Å². The Kier molecular flexibility index (Phi) is 9.03. The van der Waals surface area contributed by atoms with Crippen LogP contribution < -0.4 is 5.32 Å². The first-order chi connectivity index (χ1) is 18.1. The van der Waals surface area contributed by atoms with Crippen molar-refractivity contribution < 1.29 is 40.6 Å². The number of anilines is 1. The van der Waals surface area contributed by atoms with Crippen LogP contribution in [0.4, 0.5) is 5.69 Å². The Balaban J connectivity index is 1.35. The molecule has 2 heterocycles. The van der Waals surface area contributed by atoms with Crippen LogP contribution >= 0.6 is 11.6 Å². The maximum absolute atomic E-state index is 13.0. The highest BCUT2D eigenvalue weighted by Gasteiger charge is 2.29. The van der Waals surface area contributed by atoms with Gasteiger partial charge in [0.1, 0.15) is 4.90 Å². The average Bonchev–Trinajstić information content (AvgIpc) is 2.93. The molecule has 0 atom stereocenters. The Morgan fingerprint density at radius 1 is 0.842 bits per heavy atom. The van der Waals surface area contributed by atoms with Crippen molar-refractivity contribution in [3.63, 3.8) is 0 Å². The molecule has 0 unspecified atom stereocenters. The molecule has 38 heavy (non-hydrogen) atoms. The van der Waals surface area contributed by atoms with E-state index in [0.717, 1.165) is 0 Å². The molecule has 2 aliphatic heterocycles. The van der Waals surface area contributed by atoms with E-state index in [1.54, 1.807) is 0 Å². The SMILES string of the molecule is O=C(COC(=O)c1ccc(S(=O)(=O)N2CCOCC2)cc1)Nc1ccc(Cl)c(S(=O)(=O)N2CCOCC2)c1. The number of amides is 1. The van der Waals surface area contributed by atoms with Crippen LogP contribution in [-0.2, 0) is 39.1 Å². The highest BCUT2D eigenvalue weighted by molar-refractivity contribution is 7.89. The van der Waals surface area contributed by atoms with E-state index in [9.17, 15) is 26.4 Å². The third kappa shape index (κ3) is 6.51. The number of rotatable bonds is 8. The number of carbonyl (C=O) groups excluding carboxylic acids is 2. The number of nitrogens with zero attached hydrogens (tertiary/aromatic N) is 2. The van der Waals surface area contributed by atoms with E-state index < -0.39 is 38.5 Å². The average molecular weight is 588 g/mol. The molecule has 2 aliphatic rings. The highest BCUT2D eigenvalue weighted by atomic mass is 35.5. The molecule has 2 fully saturated rings. The molecule has 0 spiro atoms. The molecule has 2 aromatic carbocycles. The zero-order chi connectivity index (χ0) is 27.3. The molecule has 15 heteroatoms. The van der Waals surface area contributed by atoms with Gasteiger partial charge in [0, 0.05) is 31.9 Å². The first-order valence-corrected chi connectivity index (χ1v) is 14.9. The zero-order valence-corrected chi connectivity index (χ0v) is 22.6. The highest BCUT2D eigenvalue weighted by Crippen LogP contribution is 2.28. The minimum atomic E-state index is -3.90. The van der Waals surface area contributed by atoms with Crippen LogP contribution in [0.25, 0.3) is 0 Å². The second-order valence-corrected chi connectivity index (χ2v) is 12.6. The maximum atomic E-state index is 13.0. The number of ether oxygens (including phenoxy) is 3. The lowest BCUT2D eigenvalue weighted by atomic mass is 10.2. The maximum Gasteiger partial charge on any atom is 0.338 e. The first kappa shape index (κ1) is 28.4. The summed E-state index contributed by atoms with van der Waals surface area (Å²) in [5.74, 6) is -1.54. The summed E-state index contributed by atoms with van der Waals surface area (Å²) in [7, 11) is -7.62. The van der Waals surface area contributed by atoms with Crippen molar-refractivity contribution in [2.24, 2.45) is 0 Å². The fourth-order valence-corrected chi connectivity index (χ4v) is 7.13. The third-order valence-electron chi connectivity index (χ3n) is 5.84. The molecule has 0 aromatic heterocycles. The first-order valence-electron chi connectivity index (χ1n) is 11.6. The van der Waals surface area contributed by atoms with Crippen LogP contribution in [-0.4, -0.2) is 96.5 Å². The van der Waals surface area contributed by atoms with Gasteiger partial charge < -0.3 is 19.5 Å². The number of esters is 1. The number of hydrogen-bond acceptors (Lipinski definition) is 9. The van der Waals surface area contributed by atoms with Gasteiger partial charge in [0.2, 0.25) is 20.0 Å². The van der Waals surface area contributed by atoms with Gasteiger partial charge in [0.25, 0.3) is 5.91 Å². The van der Waals surface area contributed by atoms with Gasteiger partial charge in [-0.15, -0.1) is 0 Å². The number of morpholine rings is 2. The summed E-state index contributed by atoms with van der Waals surface area (Å²) >= 11 is 6.13. The van der Waals surface area contributed by atoms with Gasteiger partial charge in [-0.3, -0.25) is 4.79 Å². The Bertz CT molecular complexity index is 1390. The number of sulfonamides is 2. The molecule has 0 radical (unpaired) electrons. The molecule has 12 nitrogen and oxygen atoms in total. The molecule has 0 aliphatic carbocycles. The normalized spacial score (nSPS) is 17.6. The monoisotopic (exact) mass is 587 g/mol. The van der Waals surface area contributed by atoms with E-state index in [-0.39, 0.29) is 65.5 Å². The molecular weight excluding hydrogens is 562 g/mol. The molecule has 0 bridgehead atoms. The number of hydrogen-bond donors (Lipinski definition) is 1. The standard InChI is InChI=1S/C23H26ClN3O9S2/c24-20-6-3-18(15-21(20)38(32,33)27-9-13-35-14-10-27)25-22(28)16-36-23(29)17-1-4-19(5-2-17)37(30,31)26-7-11-34-12-8-26/h1-6,15H,7-14,16H2,(H,25,28). The molecule has 206 valence electrons. The minimum absolute atomic E-state index is 0.000000149. The van der Waals surface area contributed by atoms with Gasteiger partial charge in [0.05, 0.1) is 41.9 Å². The molecule has 2 saturated heterocycles. The lowest BCUT2D eigenvalue weighted by Crippen LogP contribution is -2.40. The van der Waals surface area contributed by atoms with Crippen molar-refractivity contribution in [1.29, 1.82) is 0 Å². The van der Waals surface area contributed by atoms with Crippen molar-refractivity contribution in [2.45, 2.75) is 9.79 Å². The molecule has 1 N–H and O–H groups in total. The van der Waals surface area contributed by atoms with Crippen molar-refractivity contribution in [3.05, 3.63) is 53.1 Å². The minimum Gasteiger partial charge on any atom is -0.452 e. The van der Waals surface area contributed by atoms with Crippen LogP contribution in [0.1, 0.15) is 10.4 Å². The fourth-order valence-electron chi connectivity index (χ4n) is 3.82. The second-order valence-electron chi connectivity index (χ2n) is 8.33. The summed E-state index contributed by atoms with van der Waals surface area (Å²) in [6.45, 7) is 1.37. The second kappa shape index (κ2) is 12.1.